The molecule has 8 heteroatoms. The molecule has 0 aliphatic carbocycles. The highest BCUT2D eigenvalue weighted by Gasteiger charge is 2.23. The average molecular weight is 366 g/mol. The van der Waals surface area contributed by atoms with E-state index in [4.69, 9.17) is 14.6 Å². The van der Waals surface area contributed by atoms with Gasteiger partial charge >= 0.3 is 18.2 Å². The third-order valence-electron chi connectivity index (χ3n) is 3.14. The number of ether oxygens (including phenoxy) is 2. The molecule has 3 N–H and O–H groups in total. The lowest BCUT2D eigenvalue weighted by molar-refractivity contribution is -0.139. The average Bonchev–Trinajstić information content (AvgIpc) is 2.54. The Labute approximate surface area is 152 Å². The van der Waals surface area contributed by atoms with Crippen LogP contribution in [0.25, 0.3) is 0 Å². The largest absolute Gasteiger partial charge is 0.480 e. The van der Waals surface area contributed by atoms with Crippen LogP contribution >= 0.6 is 0 Å². The molecule has 0 radical (unpaired) electrons. The molecule has 0 spiro atoms. The summed E-state index contributed by atoms with van der Waals surface area (Å²) in [5.74, 6) is -1.16. The molecule has 8 nitrogen and oxygen atoms in total. The molecule has 1 atom stereocenters. The number of hydrogen-bond donors (Lipinski definition) is 3. The number of benzene rings is 1. The maximum atomic E-state index is 11.6. The van der Waals surface area contributed by atoms with E-state index in [2.05, 4.69) is 10.6 Å². The number of hydrogen-bond acceptors (Lipinski definition) is 5. The molecule has 1 unspecified atom stereocenters. The molecule has 0 aromatic heterocycles. The van der Waals surface area contributed by atoms with Gasteiger partial charge in [-0.25, -0.2) is 14.4 Å². The van der Waals surface area contributed by atoms with E-state index in [1.54, 1.807) is 20.8 Å². The fraction of sp³-hybridized carbons (Fsp3) is 0.500. The molecule has 144 valence electrons. The minimum Gasteiger partial charge on any atom is -0.480 e. The van der Waals surface area contributed by atoms with Gasteiger partial charge in [0.15, 0.2) is 0 Å². The van der Waals surface area contributed by atoms with E-state index in [0.717, 1.165) is 5.56 Å². The van der Waals surface area contributed by atoms with Crippen molar-refractivity contribution in [3.63, 3.8) is 0 Å². The standard InChI is InChI=1S/C18H26N2O6/c1-18(2,3)26-17(24)20-14(15(21)22)10-7-11-19-16(23)25-12-13-8-5-4-6-9-13/h4-6,8-9,14H,7,10-12H2,1-3H3,(H,19,23)(H,20,24)(H,21,22). The SMILES string of the molecule is CC(C)(C)OC(=O)NC(CCCNC(=O)OCc1ccccc1)C(=O)O. The first-order valence-corrected chi connectivity index (χ1v) is 8.34. The van der Waals surface area contributed by atoms with Gasteiger partial charge in [-0.1, -0.05) is 30.3 Å². The zero-order valence-electron chi connectivity index (χ0n) is 15.3. The fourth-order valence-corrected chi connectivity index (χ4v) is 1.98. The van der Waals surface area contributed by atoms with Crippen LogP contribution in [0, 0.1) is 0 Å². The highest BCUT2D eigenvalue weighted by Crippen LogP contribution is 2.08. The van der Waals surface area contributed by atoms with Crippen LogP contribution in [0.15, 0.2) is 30.3 Å². The Morgan fingerprint density at radius 1 is 1.12 bits per heavy atom. The summed E-state index contributed by atoms with van der Waals surface area (Å²) in [5.41, 5.74) is 0.159. The van der Waals surface area contributed by atoms with Crippen molar-refractivity contribution in [3.8, 4) is 0 Å². The molecule has 0 bridgehead atoms. The van der Waals surface area contributed by atoms with Crippen LogP contribution < -0.4 is 10.6 Å². The van der Waals surface area contributed by atoms with Gasteiger partial charge in [-0.2, -0.15) is 0 Å². The summed E-state index contributed by atoms with van der Waals surface area (Å²) in [7, 11) is 0. The summed E-state index contributed by atoms with van der Waals surface area (Å²) < 4.78 is 10.1. The van der Waals surface area contributed by atoms with E-state index in [-0.39, 0.29) is 19.6 Å². The normalized spacial score (nSPS) is 12.0. The third kappa shape index (κ3) is 9.51. The molecule has 1 aromatic carbocycles. The second-order valence-electron chi connectivity index (χ2n) is 6.67. The Balaban J connectivity index is 2.26. The second kappa shape index (κ2) is 10.3. The minimum absolute atomic E-state index is 0.146. The Morgan fingerprint density at radius 2 is 1.77 bits per heavy atom. The maximum Gasteiger partial charge on any atom is 0.408 e. The topological polar surface area (TPSA) is 114 Å². The molecule has 0 aliphatic rings. The van der Waals surface area contributed by atoms with E-state index in [9.17, 15) is 14.4 Å². The van der Waals surface area contributed by atoms with Gasteiger partial charge in [0.1, 0.15) is 18.2 Å². The lowest BCUT2D eigenvalue weighted by atomic mass is 10.1. The number of aliphatic carboxylic acids is 1. The van der Waals surface area contributed by atoms with E-state index >= 15 is 0 Å². The molecule has 0 fully saturated rings. The summed E-state index contributed by atoms with van der Waals surface area (Å²) in [6.45, 7) is 5.45. The Morgan fingerprint density at radius 3 is 2.35 bits per heavy atom. The zero-order valence-corrected chi connectivity index (χ0v) is 15.3. The van der Waals surface area contributed by atoms with Gasteiger partial charge in [0.05, 0.1) is 0 Å². The van der Waals surface area contributed by atoms with Crippen LogP contribution in [0.3, 0.4) is 0 Å². The zero-order chi connectivity index (χ0) is 19.6. The highest BCUT2D eigenvalue weighted by molar-refractivity contribution is 5.80. The number of carbonyl (C=O) groups excluding carboxylic acids is 2. The molecule has 2 amide bonds. The number of carbonyl (C=O) groups is 3. The summed E-state index contributed by atoms with van der Waals surface area (Å²) >= 11 is 0. The van der Waals surface area contributed by atoms with Crippen LogP contribution in [-0.2, 0) is 20.9 Å². The number of carboxylic acids is 1. The lowest BCUT2D eigenvalue weighted by Crippen LogP contribution is -2.43. The predicted octanol–water partition coefficient (Wildman–Crippen LogP) is 2.67. The van der Waals surface area contributed by atoms with Gasteiger partial charge in [0, 0.05) is 6.54 Å². The molecule has 1 rings (SSSR count). The summed E-state index contributed by atoms with van der Waals surface area (Å²) in [6, 6.07) is 8.15. The summed E-state index contributed by atoms with van der Waals surface area (Å²) in [5, 5.41) is 14.0. The van der Waals surface area contributed by atoms with Gasteiger partial charge in [0.25, 0.3) is 0 Å². The third-order valence-corrected chi connectivity index (χ3v) is 3.14. The number of amides is 2. The first-order valence-electron chi connectivity index (χ1n) is 8.34. The molecule has 0 heterocycles. The Hall–Kier alpha value is -2.77. The smallest absolute Gasteiger partial charge is 0.408 e. The van der Waals surface area contributed by atoms with Crippen molar-refractivity contribution in [1.29, 1.82) is 0 Å². The molecule has 1 aromatic rings. The van der Waals surface area contributed by atoms with Gasteiger partial charge in [0.2, 0.25) is 0 Å². The minimum atomic E-state index is -1.16. The van der Waals surface area contributed by atoms with Crippen LogP contribution in [0.5, 0.6) is 0 Å². The molecule has 26 heavy (non-hydrogen) atoms. The van der Waals surface area contributed by atoms with Gasteiger partial charge in [-0.05, 0) is 39.2 Å². The molecular formula is C18H26N2O6. The van der Waals surface area contributed by atoms with E-state index in [1.165, 1.54) is 0 Å². The van der Waals surface area contributed by atoms with Crippen molar-refractivity contribution in [2.24, 2.45) is 0 Å². The Bertz CT molecular complexity index is 597. The predicted molar refractivity (Wildman–Crippen MR) is 94.7 cm³/mol. The maximum absolute atomic E-state index is 11.6. The van der Waals surface area contributed by atoms with Crippen molar-refractivity contribution >= 4 is 18.2 Å². The summed E-state index contributed by atoms with van der Waals surface area (Å²) in [6.07, 6.45) is -0.873. The van der Waals surface area contributed by atoms with Crippen molar-refractivity contribution in [3.05, 3.63) is 35.9 Å². The van der Waals surface area contributed by atoms with Crippen molar-refractivity contribution in [2.75, 3.05) is 6.54 Å². The van der Waals surface area contributed by atoms with Crippen molar-refractivity contribution in [2.45, 2.75) is 51.9 Å². The molecule has 0 saturated heterocycles. The number of alkyl carbamates (subject to hydrolysis) is 2. The number of nitrogens with one attached hydrogen (secondary N) is 2. The first-order chi connectivity index (χ1) is 12.2. The van der Waals surface area contributed by atoms with E-state index < -0.39 is 29.8 Å². The van der Waals surface area contributed by atoms with E-state index in [0.29, 0.717) is 6.42 Å². The number of carboxylic acid groups (broad SMARTS) is 1. The van der Waals surface area contributed by atoms with Crippen LogP contribution in [0.1, 0.15) is 39.2 Å². The van der Waals surface area contributed by atoms with Crippen molar-refractivity contribution in [1.82, 2.24) is 10.6 Å². The second-order valence-corrected chi connectivity index (χ2v) is 6.67. The first kappa shape index (κ1) is 21.3. The van der Waals surface area contributed by atoms with Crippen LogP contribution in [0.4, 0.5) is 9.59 Å². The van der Waals surface area contributed by atoms with Crippen LogP contribution in [0.2, 0.25) is 0 Å². The Kier molecular flexibility index (Phi) is 8.41. The number of rotatable bonds is 8. The van der Waals surface area contributed by atoms with Crippen LogP contribution in [-0.4, -0.2) is 41.4 Å². The summed E-state index contributed by atoms with van der Waals surface area (Å²) in [4.78, 5) is 34.4. The molecular weight excluding hydrogens is 340 g/mol. The monoisotopic (exact) mass is 366 g/mol. The molecule has 0 saturated carbocycles. The fourth-order valence-electron chi connectivity index (χ4n) is 1.98. The lowest BCUT2D eigenvalue weighted by Gasteiger charge is -2.22. The van der Waals surface area contributed by atoms with E-state index in [1.807, 2.05) is 30.3 Å². The van der Waals surface area contributed by atoms with Crippen molar-refractivity contribution < 1.29 is 29.0 Å². The van der Waals surface area contributed by atoms with Gasteiger partial charge in [-0.15, -0.1) is 0 Å². The van der Waals surface area contributed by atoms with Gasteiger partial charge in [-0.3, -0.25) is 0 Å². The van der Waals surface area contributed by atoms with Gasteiger partial charge < -0.3 is 25.2 Å². The highest BCUT2D eigenvalue weighted by atomic mass is 16.6. The molecule has 0 aliphatic heterocycles. The quantitative estimate of drug-likeness (QED) is 0.610.